The van der Waals surface area contributed by atoms with Crippen LogP contribution in [0.3, 0.4) is 0 Å². The highest BCUT2D eigenvalue weighted by molar-refractivity contribution is 6.01. The van der Waals surface area contributed by atoms with Gasteiger partial charge in [-0.05, 0) is 0 Å². The summed E-state index contributed by atoms with van der Waals surface area (Å²) in [6, 6.07) is 0. The van der Waals surface area contributed by atoms with Crippen LogP contribution >= 0.6 is 24.8 Å². The van der Waals surface area contributed by atoms with Gasteiger partial charge in [0.1, 0.15) is 23.7 Å². The van der Waals surface area contributed by atoms with Crippen molar-refractivity contribution in [3.63, 3.8) is 0 Å². The molecule has 0 atom stereocenters. The Morgan fingerprint density at radius 2 is 1.31 bits per heavy atom. The van der Waals surface area contributed by atoms with E-state index in [1.54, 1.807) is 0 Å². The highest BCUT2D eigenvalue weighted by atomic mass is 35.5. The first kappa shape index (κ1) is 14.3. The summed E-state index contributed by atoms with van der Waals surface area (Å²) < 4.78 is 4.41. The Morgan fingerprint density at radius 3 is 1.54 bits per heavy atom. The van der Waals surface area contributed by atoms with E-state index in [0.29, 0.717) is 0 Å². The first-order valence-electron chi connectivity index (χ1n) is 2.65. The molecule has 0 aliphatic carbocycles. The fraction of sp³-hybridized carbons (Fsp3) is 0. The van der Waals surface area contributed by atoms with Gasteiger partial charge in [-0.25, -0.2) is 9.59 Å². The first-order valence-corrected chi connectivity index (χ1v) is 2.65. The molecule has 13 heavy (non-hydrogen) atoms. The van der Waals surface area contributed by atoms with Gasteiger partial charge in [-0.2, -0.15) is 0 Å². The van der Waals surface area contributed by atoms with E-state index in [4.69, 9.17) is 10.2 Å². The van der Waals surface area contributed by atoms with Crippen LogP contribution in [0.1, 0.15) is 20.7 Å². The summed E-state index contributed by atoms with van der Waals surface area (Å²) in [6.45, 7) is 0. The van der Waals surface area contributed by atoms with Gasteiger partial charge in [-0.15, -0.1) is 24.8 Å². The third kappa shape index (κ3) is 2.96. The monoisotopic (exact) mass is 228 g/mol. The third-order valence-electron chi connectivity index (χ3n) is 1.12. The van der Waals surface area contributed by atoms with E-state index in [1.165, 1.54) is 0 Å². The molecule has 0 spiro atoms. The summed E-state index contributed by atoms with van der Waals surface area (Å²) >= 11 is 0. The first-order chi connectivity index (χ1) is 5.13. The number of furan rings is 1. The fourth-order valence-electron chi connectivity index (χ4n) is 0.628. The fourth-order valence-corrected chi connectivity index (χ4v) is 0.628. The lowest BCUT2D eigenvalue weighted by atomic mass is 10.2. The second-order valence-electron chi connectivity index (χ2n) is 1.81. The van der Waals surface area contributed by atoms with Gasteiger partial charge in [0.05, 0.1) is 0 Å². The minimum atomic E-state index is -1.31. The number of halogens is 2. The smallest absolute Gasteiger partial charge is 0.339 e. The maximum absolute atomic E-state index is 10.3. The van der Waals surface area contributed by atoms with Gasteiger partial charge in [0, 0.05) is 0 Å². The van der Waals surface area contributed by atoms with Crippen LogP contribution in [0.15, 0.2) is 16.9 Å². The Labute approximate surface area is 85.2 Å². The molecule has 5 nitrogen and oxygen atoms in total. The van der Waals surface area contributed by atoms with Crippen molar-refractivity contribution in [2.45, 2.75) is 0 Å². The normalized spacial score (nSPS) is 8.00. The predicted molar refractivity (Wildman–Crippen MR) is 47.1 cm³/mol. The molecule has 0 aromatic carbocycles. The minimum absolute atomic E-state index is 0. The standard InChI is InChI=1S/C6H4O5.2ClH/c7-5(8)3-1-11-2-4(3)6(9)10;;/h1-2H,(H,7,8)(H,9,10);2*1H. The molecule has 1 heterocycles. The number of rotatable bonds is 2. The number of carboxylic acid groups (broad SMARTS) is 2. The van der Waals surface area contributed by atoms with Crippen LogP contribution in [-0.4, -0.2) is 22.2 Å². The van der Waals surface area contributed by atoms with Gasteiger partial charge in [0.25, 0.3) is 0 Å². The number of carboxylic acids is 2. The number of aromatic carboxylic acids is 2. The molecule has 0 aliphatic heterocycles. The van der Waals surface area contributed by atoms with E-state index in [9.17, 15) is 9.59 Å². The summed E-state index contributed by atoms with van der Waals surface area (Å²) in [5.41, 5.74) is -0.671. The Kier molecular flexibility index (Phi) is 6.00. The van der Waals surface area contributed by atoms with Gasteiger partial charge in [-0.1, -0.05) is 0 Å². The van der Waals surface area contributed by atoms with Crippen LogP contribution in [0.4, 0.5) is 0 Å². The van der Waals surface area contributed by atoms with Crippen molar-refractivity contribution in [1.29, 1.82) is 0 Å². The average molecular weight is 229 g/mol. The molecule has 1 rings (SSSR count). The molecule has 7 heteroatoms. The van der Waals surface area contributed by atoms with Crippen LogP contribution in [0, 0.1) is 0 Å². The van der Waals surface area contributed by atoms with E-state index in [0.717, 1.165) is 12.5 Å². The lowest BCUT2D eigenvalue weighted by Gasteiger charge is -1.88. The van der Waals surface area contributed by atoms with Gasteiger partial charge >= 0.3 is 11.9 Å². The van der Waals surface area contributed by atoms with Crippen LogP contribution in [0.5, 0.6) is 0 Å². The van der Waals surface area contributed by atoms with Crippen LogP contribution in [0.2, 0.25) is 0 Å². The zero-order valence-corrected chi connectivity index (χ0v) is 7.72. The Bertz CT molecular complexity index is 277. The van der Waals surface area contributed by atoms with Crippen molar-refractivity contribution >= 4 is 36.8 Å². The van der Waals surface area contributed by atoms with Crippen LogP contribution in [-0.2, 0) is 0 Å². The van der Waals surface area contributed by atoms with Crippen molar-refractivity contribution in [3.05, 3.63) is 23.7 Å². The maximum Gasteiger partial charge on any atom is 0.339 e. The average Bonchev–Trinajstić information content (AvgIpc) is 2.32. The van der Waals surface area contributed by atoms with E-state index in [-0.39, 0.29) is 35.9 Å². The molecule has 0 saturated heterocycles. The zero-order valence-electron chi connectivity index (χ0n) is 6.09. The summed E-state index contributed by atoms with van der Waals surface area (Å²) in [6.07, 6.45) is 1.76. The molecule has 1 aromatic heterocycles. The lowest BCUT2D eigenvalue weighted by Crippen LogP contribution is -2.03. The van der Waals surface area contributed by atoms with Gasteiger partial charge in [0.2, 0.25) is 0 Å². The summed E-state index contributed by atoms with van der Waals surface area (Å²) in [5.74, 6) is -2.62. The lowest BCUT2D eigenvalue weighted by molar-refractivity contribution is 0.0653. The maximum atomic E-state index is 10.3. The number of hydrogen-bond donors (Lipinski definition) is 2. The topological polar surface area (TPSA) is 87.7 Å². The largest absolute Gasteiger partial charge is 0.478 e. The molecule has 0 bridgehead atoms. The van der Waals surface area contributed by atoms with Crippen molar-refractivity contribution in [2.24, 2.45) is 0 Å². The molecule has 0 fully saturated rings. The molecule has 0 radical (unpaired) electrons. The van der Waals surface area contributed by atoms with E-state index >= 15 is 0 Å². The minimum Gasteiger partial charge on any atom is -0.478 e. The molecule has 1 aromatic rings. The molecular formula is C6H6Cl2O5. The van der Waals surface area contributed by atoms with Crippen LogP contribution < -0.4 is 0 Å². The van der Waals surface area contributed by atoms with Gasteiger partial charge < -0.3 is 14.6 Å². The van der Waals surface area contributed by atoms with Crippen molar-refractivity contribution in [3.8, 4) is 0 Å². The molecule has 0 unspecified atom stereocenters. The molecule has 2 N–H and O–H groups in total. The molecule has 0 saturated carbocycles. The number of hydrogen-bond acceptors (Lipinski definition) is 3. The molecular weight excluding hydrogens is 223 g/mol. The Balaban J connectivity index is 0. The quantitative estimate of drug-likeness (QED) is 0.802. The molecule has 74 valence electrons. The molecule has 0 amide bonds. The summed E-state index contributed by atoms with van der Waals surface area (Å²) in [7, 11) is 0. The van der Waals surface area contributed by atoms with Crippen molar-refractivity contribution < 1.29 is 24.2 Å². The summed E-state index contributed by atoms with van der Waals surface area (Å²) in [4.78, 5) is 20.5. The third-order valence-corrected chi connectivity index (χ3v) is 1.12. The van der Waals surface area contributed by atoms with Gasteiger partial charge in [0.15, 0.2) is 0 Å². The Hall–Kier alpha value is -1.20. The predicted octanol–water partition coefficient (Wildman–Crippen LogP) is 1.52. The zero-order chi connectivity index (χ0) is 8.43. The molecule has 0 aliphatic rings. The number of carbonyl (C=O) groups is 2. The second-order valence-corrected chi connectivity index (χ2v) is 1.81. The van der Waals surface area contributed by atoms with Crippen molar-refractivity contribution in [1.82, 2.24) is 0 Å². The summed E-state index contributed by atoms with van der Waals surface area (Å²) in [5, 5.41) is 16.8. The van der Waals surface area contributed by atoms with Crippen LogP contribution in [0.25, 0.3) is 0 Å². The Morgan fingerprint density at radius 1 is 1.00 bits per heavy atom. The van der Waals surface area contributed by atoms with Crippen molar-refractivity contribution in [2.75, 3.05) is 0 Å². The highest BCUT2D eigenvalue weighted by Gasteiger charge is 2.17. The van der Waals surface area contributed by atoms with Gasteiger partial charge in [-0.3, -0.25) is 0 Å². The SMILES string of the molecule is Cl.Cl.O=C(O)c1cocc1C(=O)O. The van der Waals surface area contributed by atoms with E-state index < -0.39 is 11.9 Å². The second kappa shape index (κ2) is 5.45. The van der Waals surface area contributed by atoms with E-state index in [1.807, 2.05) is 0 Å². The van der Waals surface area contributed by atoms with E-state index in [2.05, 4.69) is 4.42 Å². The highest BCUT2D eigenvalue weighted by Crippen LogP contribution is 2.09.